The quantitative estimate of drug-likeness (QED) is 0.824. The summed E-state index contributed by atoms with van der Waals surface area (Å²) in [6.45, 7) is 1.73. The lowest BCUT2D eigenvalue weighted by molar-refractivity contribution is -0.135. The molecule has 0 unspecified atom stereocenters. The van der Waals surface area contributed by atoms with E-state index in [2.05, 4.69) is 5.10 Å². The largest absolute Gasteiger partial charge is 0.463 e. The van der Waals surface area contributed by atoms with E-state index in [9.17, 15) is 4.79 Å². The molecule has 0 fully saturated rings. The van der Waals surface area contributed by atoms with Crippen LogP contribution in [0.5, 0.6) is 5.88 Å². The minimum atomic E-state index is -0.543. The van der Waals surface area contributed by atoms with E-state index >= 15 is 0 Å². The van der Waals surface area contributed by atoms with Crippen molar-refractivity contribution in [2.75, 3.05) is 14.1 Å². The van der Waals surface area contributed by atoms with Gasteiger partial charge in [0.15, 0.2) is 6.10 Å². The lowest BCUT2D eigenvalue weighted by Gasteiger charge is -2.16. The Hall–Kier alpha value is -2.04. The zero-order chi connectivity index (χ0) is 13.3. The molecule has 1 aromatic heterocycles. The molecule has 0 bridgehead atoms. The lowest BCUT2D eigenvalue weighted by atomic mass is 10.2. The first kappa shape index (κ1) is 12.4. The molecule has 1 amide bonds. The van der Waals surface area contributed by atoms with Crippen LogP contribution in [-0.2, 0) is 11.8 Å². The predicted octanol–water partition coefficient (Wildman–Crippen LogP) is 1.43. The van der Waals surface area contributed by atoms with Crippen LogP contribution in [0, 0.1) is 0 Å². The first-order chi connectivity index (χ1) is 8.50. The van der Waals surface area contributed by atoms with Crippen molar-refractivity contribution >= 4 is 16.8 Å². The number of aromatic nitrogens is 2. The fraction of sp³-hybridized carbons (Fsp3) is 0.385. The minimum Gasteiger partial charge on any atom is -0.463 e. The van der Waals surface area contributed by atoms with Crippen LogP contribution in [0.4, 0.5) is 0 Å². The van der Waals surface area contributed by atoms with Gasteiger partial charge in [0.1, 0.15) is 0 Å². The number of benzene rings is 1. The summed E-state index contributed by atoms with van der Waals surface area (Å²) in [4.78, 5) is 13.3. The summed E-state index contributed by atoms with van der Waals surface area (Å²) in [6.07, 6.45) is -0.543. The number of nitrogens with zero attached hydrogens (tertiary/aromatic N) is 3. The van der Waals surface area contributed by atoms with Crippen LogP contribution < -0.4 is 4.74 Å². The van der Waals surface area contributed by atoms with Crippen molar-refractivity contribution in [3.63, 3.8) is 0 Å². The second kappa shape index (κ2) is 4.68. The molecule has 5 heteroatoms. The number of rotatable bonds is 3. The molecule has 0 saturated heterocycles. The Morgan fingerprint density at radius 3 is 2.72 bits per heavy atom. The number of hydrogen-bond acceptors (Lipinski definition) is 3. The van der Waals surface area contributed by atoms with Crippen LogP contribution >= 0.6 is 0 Å². The molecule has 0 saturated carbocycles. The highest BCUT2D eigenvalue weighted by Crippen LogP contribution is 2.24. The van der Waals surface area contributed by atoms with E-state index in [1.165, 1.54) is 4.90 Å². The van der Waals surface area contributed by atoms with Crippen molar-refractivity contribution in [1.29, 1.82) is 0 Å². The van der Waals surface area contributed by atoms with Gasteiger partial charge in [-0.3, -0.25) is 9.48 Å². The van der Waals surface area contributed by atoms with Crippen LogP contribution in [0.3, 0.4) is 0 Å². The first-order valence-electron chi connectivity index (χ1n) is 5.80. The maximum atomic E-state index is 11.8. The van der Waals surface area contributed by atoms with Crippen LogP contribution in [-0.4, -0.2) is 40.8 Å². The summed E-state index contributed by atoms with van der Waals surface area (Å²) in [6, 6.07) is 7.77. The Labute approximate surface area is 106 Å². The highest BCUT2D eigenvalue weighted by atomic mass is 16.5. The number of fused-ring (bicyclic) bond motifs is 1. The van der Waals surface area contributed by atoms with Gasteiger partial charge in [-0.2, -0.15) is 0 Å². The molecule has 1 atom stereocenters. The molecule has 1 aromatic carbocycles. The summed E-state index contributed by atoms with van der Waals surface area (Å²) >= 11 is 0. The highest BCUT2D eigenvalue weighted by Gasteiger charge is 2.19. The van der Waals surface area contributed by atoms with Gasteiger partial charge in [0.25, 0.3) is 5.91 Å². The van der Waals surface area contributed by atoms with Gasteiger partial charge in [0.2, 0.25) is 5.88 Å². The maximum Gasteiger partial charge on any atom is 0.262 e. The van der Waals surface area contributed by atoms with Gasteiger partial charge in [-0.15, -0.1) is 5.10 Å². The Bertz CT molecular complexity index is 575. The molecule has 2 aromatic rings. The molecular weight excluding hydrogens is 230 g/mol. The molecule has 0 radical (unpaired) electrons. The number of para-hydroxylation sites is 1. The summed E-state index contributed by atoms with van der Waals surface area (Å²) in [5, 5.41) is 5.21. The van der Waals surface area contributed by atoms with Crippen LogP contribution in [0.25, 0.3) is 10.9 Å². The third kappa shape index (κ3) is 2.16. The topological polar surface area (TPSA) is 47.4 Å². The average Bonchev–Trinajstić information content (AvgIpc) is 2.66. The van der Waals surface area contributed by atoms with Gasteiger partial charge < -0.3 is 9.64 Å². The minimum absolute atomic E-state index is 0.0789. The lowest BCUT2D eigenvalue weighted by Crippen LogP contribution is -2.35. The van der Waals surface area contributed by atoms with Crippen molar-refractivity contribution in [2.24, 2.45) is 7.05 Å². The fourth-order valence-electron chi connectivity index (χ4n) is 1.85. The number of hydrogen-bond donors (Lipinski definition) is 0. The molecule has 0 spiro atoms. The molecule has 0 aliphatic heterocycles. The zero-order valence-electron chi connectivity index (χ0n) is 11.0. The summed E-state index contributed by atoms with van der Waals surface area (Å²) in [7, 11) is 5.27. The molecule has 18 heavy (non-hydrogen) atoms. The normalized spacial score (nSPS) is 12.4. The molecule has 0 aliphatic carbocycles. The van der Waals surface area contributed by atoms with Gasteiger partial charge in [0.05, 0.1) is 10.9 Å². The van der Waals surface area contributed by atoms with Crippen molar-refractivity contribution in [3.05, 3.63) is 24.3 Å². The number of aryl methyl sites for hydroxylation is 1. The van der Waals surface area contributed by atoms with Crippen molar-refractivity contribution in [3.8, 4) is 5.88 Å². The summed E-state index contributed by atoms with van der Waals surface area (Å²) in [5.74, 6) is 0.417. The number of amides is 1. The van der Waals surface area contributed by atoms with Crippen LogP contribution in [0.1, 0.15) is 6.92 Å². The van der Waals surface area contributed by atoms with Crippen molar-refractivity contribution in [1.82, 2.24) is 14.7 Å². The molecule has 0 N–H and O–H groups in total. The molecule has 5 nitrogen and oxygen atoms in total. The van der Waals surface area contributed by atoms with Gasteiger partial charge in [0, 0.05) is 21.1 Å². The van der Waals surface area contributed by atoms with E-state index in [4.69, 9.17) is 4.74 Å². The average molecular weight is 247 g/mol. The standard InChI is InChI=1S/C13H17N3O2/c1-9(13(17)15(2)3)18-12-10-7-5-6-8-11(10)16(4)14-12/h5-9H,1-4H3/t9-/m0/s1. The molecule has 0 aliphatic rings. The number of likely N-dealkylation sites (N-methyl/N-ethyl adjacent to an activating group) is 1. The van der Waals surface area contributed by atoms with Gasteiger partial charge in [-0.25, -0.2) is 0 Å². The van der Waals surface area contributed by atoms with E-state index < -0.39 is 6.10 Å². The van der Waals surface area contributed by atoms with Crippen LogP contribution in [0.15, 0.2) is 24.3 Å². The Kier molecular flexibility index (Phi) is 3.23. The Balaban J connectivity index is 2.30. The van der Waals surface area contributed by atoms with Crippen molar-refractivity contribution in [2.45, 2.75) is 13.0 Å². The van der Waals surface area contributed by atoms with Crippen LogP contribution in [0.2, 0.25) is 0 Å². The number of carbonyl (C=O) groups excluding carboxylic acids is 1. The molecular formula is C13H17N3O2. The molecule has 2 rings (SSSR count). The summed E-state index contributed by atoms with van der Waals surface area (Å²) < 4.78 is 7.40. The Morgan fingerprint density at radius 2 is 2.06 bits per heavy atom. The van der Waals surface area contributed by atoms with Gasteiger partial charge in [-0.05, 0) is 19.1 Å². The third-order valence-corrected chi connectivity index (χ3v) is 2.80. The van der Waals surface area contributed by atoms with E-state index in [-0.39, 0.29) is 5.91 Å². The van der Waals surface area contributed by atoms with E-state index in [1.54, 1.807) is 25.7 Å². The molecule has 1 heterocycles. The first-order valence-corrected chi connectivity index (χ1v) is 5.80. The Morgan fingerprint density at radius 1 is 1.39 bits per heavy atom. The monoisotopic (exact) mass is 247 g/mol. The smallest absolute Gasteiger partial charge is 0.262 e. The van der Waals surface area contributed by atoms with E-state index in [0.29, 0.717) is 5.88 Å². The number of carbonyl (C=O) groups is 1. The van der Waals surface area contributed by atoms with Gasteiger partial charge in [-0.1, -0.05) is 12.1 Å². The van der Waals surface area contributed by atoms with Crippen molar-refractivity contribution < 1.29 is 9.53 Å². The SMILES string of the molecule is C[C@H](Oc1nn(C)c2ccccc12)C(=O)N(C)C. The second-order valence-electron chi connectivity index (χ2n) is 4.44. The molecule has 96 valence electrons. The third-order valence-electron chi connectivity index (χ3n) is 2.80. The number of ether oxygens (including phenoxy) is 1. The zero-order valence-corrected chi connectivity index (χ0v) is 11.0. The van der Waals surface area contributed by atoms with E-state index in [0.717, 1.165) is 10.9 Å². The predicted molar refractivity (Wildman–Crippen MR) is 69.5 cm³/mol. The van der Waals surface area contributed by atoms with Gasteiger partial charge >= 0.3 is 0 Å². The second-order valence-corrected chi connectivity index (χ2v) is 4.44. The maximum absolute atomic E-state index is 11.8. The fourth-order valence-corrected chi connectivity index (χ4v) is 1.85. The highest BCUT2D eigenvalue weighted by molar-refractivity contribution is 5.85. The summed E-state index contributed by atoms with van der Waals surface area (Å²) in [5.41, 5.74) is 0.983. The van der Waals surface area contributed by atoms with E-state index in [1.807, 2.05) is 31.3 Å².